The summed E-state index contributed by atoms with van der Waals surface area (Å²) in [7, 11) is -3.38. The number of nitrogens with zero attached hydrogens (tertiary/aromatic N) is 2. The third-order valence-corrected chi connectivity index (χ3v) is 5.20. The zero-order valence-corrected chi connectivity index (χ0v) is 12.3. The van der Waals surface area contributed by atoms with Crippen molar-refractivity contribution in [3.8, 4) is 0 Å². The van der Waals surface area contributed by atoms with Crippen molar-refractivity contribution < 1.29 is 8.42 Å². The monoisotopic (exact) mass is 283 g/mol. The van der Waals surface area contributed by atoms with Crippen LogP contribution in [0, 0.1) is 5.92 Å². The number of nitrogens with one attached hydrogen (secondary N) is 1. The van der Waals surface area contributed by atoms with Crippen molar-refractivity contribution >= 4 is 15.8 Å². The molecule has 1 N–H and O–H groups in total. The molecule has 2 rings (SSSR count). The van der Waals surface area contributed by atoms with Crippen molar-refractivity contribution in [2.75, 3.05) is 25.0 Å². The Morgan fingerprint density at radius 2 is 2.26 bits per heavy atom. The molecule has 0 amide bonds. The minimum absolute atomic E-state index is 0.281. The second kappa shape index (κ2) is 5.88. The van der Waals surface area contributed by atoms with Gasteiger partial charge in [-0.2, -0.15) is 4.31 Å². The van der Waals surface area contributed by atoms with E-state index in [1.165, 1.54) is 6.20 Å². The smallest absolute Gasteiger partial charge is 0.244 e. The van der Waals surface area contributed by atoms with Gasteiger partial charge in [0.2, 0.25) is 10.0 Å². The Hall–Kier alpha value is -1.14. The van der Waals surface area contributed by atoms with Crippen LogP contribution in [0.25, 0.3) is 0 Å². The maximum absolute atomic E-state index is 12.5. The Bertz CT molecular complexity index is 513. The molecule has 0 spiro atoms. The Kier molecular flexibility index (Phi) is 4.42. The van der Waals surface area contributed by atoms with E-state index < -0.39 is 10.0 Å². The van der Waals surface area contributed by atoms with Crippen LogP contribution < -0.4 is 5.32 Å². The Labute approximate surface area is 115 Å². The highest BCUT2D eigenvalue weighted by Crippen LogP contribution is 2.23. The summed E-state index contributed by atoms with van der Waals surface area (Å²) in [6.45, 7) is 6.05. The lowest BCUT2D eigenvalue weighted by Crippen LogP contribution is -2.39. The average Bonchev–Trinajstić information content (AvgIpc) is 2.40. The summed E-state index contributed by atoms with van der Waals surface area (Å²) in [6, 6.07) is 3.34. The molecule has 0 radical (unpaired) electrons. The molecule has 0 saturated carbocycles. The first-order valence-electron chi connectivity index (χ1n) is 6.74. The molecule has 2 heterocycles. The summed E-state index contributed by atoms with van der Waals surface area (Å²) in [6.07, 6.45) is 3.47. The van der Waals surface area contributed by atoms with Crippen molar-refractivity contribution in [2.45, 2.75) is 31.6 Å². The SMILES string of the molecule is CCNc1ccc(S(=O)(=O)N2CCCC(C)C2)cn1. The summed E-state index contributed by atoms with van der Waals surface area (Å²) in [5.74, 6) is 1.13. The van der Waals surface area contributed by atoms with Crippen molar-refractivity contribution in [1.29, 1.82) is 0 Å². The third-order valence-electron chi connectivity index (χ3n) is 3.35. The molecule has 1 aliphatic heterocycles. The topological polar surface area (TPSA) is 62.3 Å². The molecule has 5 nitrogen and oxygen atoms in total. The van der Waals surface area contributed by atoms with Crippen LogP contribution in [0.5, 0.6) is 0 Å². The lowest BCUT2D eigenvalue weighted by molar-refractivity contribution is 0.281. The van der Waals surface area contributed by atoms with Gasteiger partial charge in [-0.25, -0.2) is 13.4 Å². The van der Waals surface area contributed by atoms with E-state index in [-0.39, 0.29) is 4.90 Å². The van der Waals surface area contributed by atoms with Crippen LogP contribution in [0.1, 0.15) is 26.7 Å². The van der Waals surface area contributed by atoms with Crippen molar-refractivity contribution in [3.63, 3.8) is 0 Å². The normalized spacial score (nSPS) is 21.3. The minimum Gasteiger partial charge on any atom is -0.370 e. The van der Waals surface area contributed by atoms with Crippen molar-refractivity contribution in [3.05, 3.63) is 18.3 Å². The van der Waals surface area contributed by atoms with Gasteiger partial charge >= 0.3 is 0 Å². The van der Waals surface area contributed by atoms with Gasteiger partial charge in [-0.05, 0) is 37.8 Å². The van der Waals surface area contributed by atoms with Gasteiger partial charge in [0.1, 0.15) is 10.7 Å². The average molecular weight is 283 g/mol. The van der Waals surface area contributed by atoms with Crippen LogP contribution in [0.3, 0.4) is 0 Å². The molecule has 1 atom stereocenters. The fourth-order valence-electron chi connectivity index (χ4n) is 2.33. The van der Waals surface area contributed by atoms with Gasteiger partial charge in [0.05, 0.1) is 0 Å². The molecule has 6 heteroatoms. The van der Waals surface area contributed by atoms with Crippen LogP contribution in [-0.4, -0.2) is 37.3 Å². The van der Waals surface area contributed by atoms with Crippen molar-refractivity contribution in [1.82, 2.24) is 9.29 Å². The molecular weight excluding hydrogens is 262 g/mol. The van der Waals surface area contributed by atoms with E-state index in [1.54, 1.807) is 16.4 Å². The van der Waals surface area contributed by atoms with Gasteiger partial charge in [-0.1, -0.05) is 6.92 Å². The molecule has 1 aliphatic rings. The van der Waals surface area contributed by atoms with Crippen molar-refractivity contribution in [2.24, 2.45) is 5.92 Å². The third kappa shape index (κ3) is 3.25. The largest absolute Gasteiger partial charge is 0.370 e. The quantitative estimate of drug-likeness (QED) is 0.917. The van der Waals surface area contributed by atoms with Crippen LogP contribution in [0.4, 0.5) is 5.82 Å². The summed E-state index contributed by atoms with van der Waals surface area (Å²) in [5.41, 5.74) is 0. The summed E-state index contributed by atoms with van der Waals surface area (Å²) in [5, 5.41) is 3.05. The predicted molar refractivity (Wildman–Crippen MR) is 75.6 cm³/mol. The summed E-state index contributed by atoms with van der Waals surface area (Å²) < 4.78 is 26.5. The maximum Gasteiger partial charge on any atom is 0.244 e. The molecule has 1 saturated heterocycles. The first kappa shape index (κ1) is 14.3. The molecule has 0 aliphatic carbocycles. The second-order valence-corrected chi connectivity index (χ2v) is 6.96. The molecule has 0 bridgehead atoms. The zero-order valence-electron chi connectivity index (χ0n) is 11.5. The number of hydrogen-bond donors (Lipinski definition) is 1. The van der Waals surface area contributed by atoms with Gasteiger partial charge in [0.25, 0.3) is 0 Å². The van der Waals surface area contributed by atoms with E-state index in [1.807, 2.05) is 6.92 Å². The maximum atomic E-state index is 12.5. The minimum atomic E-state index is -3.38. The molecule has 19 heavy (non-hydrogen) atoms. The van der Waals surface area contributed by atoms with Crippen LogP contribution in [0.15, 0.2) is 23.2 Å². The lowest BCUT2D eigenvalue weighted by atomic mass is 10.0. The van der Waals surface area contributed by atoms with E-state index >= 15 is 0 Å². The highest BCUT2D eigenvalue weighted by Gasteiger charge is 2.28. The Morgan fingerprint density at radius 1 is 1.47 bits per heavy atom. The van der Waals surface area contributed by atoms with Crippen LogP contribution >= 0.6 is 0 Å². The van der Waals surface area contributed by atoms with E-state index in [2.05, 4.69) is 17.2 Å². The number of hydrogen-bond acceptors (Lipinski definition) is 4. The van der Waals surface area contributed by atoms with E-state index in [0.29, 0.717) is 24.8 Å². The zero-order chi connectivity index (χ0) is 13.9. The van der Waals surface area contributed by atoms with E-state index in [0.717, 1.165) is 19.4 Å². The van der Waals surface area contributed by atoms with Crippen LogP contribution in [0.2, 0.25) is 0 Å². The molecule has 106 valence electrons. The highest BCUT2D eigenvalue weighted by atomic mass is 32.2. The summed E-state index contributed by atoms with van der Waals surface area (Å²) >= 11 is 0. The fourth-order valence-corrected chi connectivity index (χ4v) is 3.88. The number of aromatic nitrogens is 1. The lowest BCUT2D eigenvalue weighted by Gasteiger charge is -2.29. The number of sulfonamides is 1. The molecule has 1 fully saturated rings. The number of pyridine rings is 1. The van der Waals surface area contributed by atoms with Gasteiger partial charge in [0.15, 0.2) is 0 Å². The number of anilines is 1. The molecule has 0 aromatic carbocycles. The van der Waals surface area contributed by atoms with E-state index in [9.17, 15) is 8.42 Å². The van der Waals surface area contributed by atoms with E-state index in [4.69, 9.17) is 0 Å². The highest BCUT2D eigenvalue weighted by molar-refractivity contribution is 7.89. The molecular formula is C13H21N3O2S. The Morgan fingerprint density at radius 3 is 2.84 bits per heavy atom. The first-order chi connectivity index (χ1) is 9.04. The summed E-state index contributed by atoms with van der Waals surface area (Å²) in [4.78, 5) is 4.41. The second-order valence-electron chi connectivity index (χ2n) is 5.02. The molecule has 1 aromatic heterocycles. The van der Waals surface area contributed by atoms with Gasteiger partial charge < -0.3 is 5.32 Å². The van der Waals surface area contributed by atoms with Gasteiger partial charge in [-0.3, -0.25) is 0 Å². The van der Waals surface area contributed by atoms with Gasteiger partial charge in [-0.15, -0.1) is 0 Å². The van der Waals surface area contributed by atoms with Gasteiger partial charge in [0, 0.05) is 25.8 Å². The standard InChI is InChI=1S/C13H21N3O2S/c1-3-14-13-7-6-12(9-15-13)19(17,18)16-8-4-5-11(2)10-16/h6-7,9,11H,3-5,8,10H2,1-2H3,(H,14,15). The van der Waals surface area contributed by atoms with Crippen LogP contribution in [-0.2, 0) is 10.0 Å². The molecule has 1 aromatic rings. The number of piperidine rings is 1. The fraction of sp³-hybridized carbons (Fsp3) is 0.615. The number of rotatable bonds is 4. The first-order valence-corrected chi connectivity index (χ1v) is 8.18. The predicted octanol–water partition coefficient (Wildman–Crippen LogP) is 1.93. The molecule has 1 unspecified atom stereocenters. The Balaban J connectivity index is 2.18.